The molecule has 0 spiro atoms. The van der Waals surface area contributed by atoms with Gasteiger partial charge in [-0.3, -0.25) is 4.79 Å². The van der Waals surface area contributed by atoms with Crippen LogP contribution in [0, 0.1) is 12.3 Å². The fraction of sp³-hybridized carbons (Fsp3) is 0.600. The number of carbonyl (C=O) groups is 2. The molecule has 0 aromatic rings. The molecule has 0 saturated carbocycles. The number of nitrogens with one attached hydrogen (secondary N) is 1. The maximum atomic E-state index is 10.6. The van der Waals surface area contributed by atoms with Gasteiger partial charge in [-0.05, 0) is 19.3 Å². The van der Waals surface area contributed by atoms with Crippen LogP contribution in [0.2, 0.25) is 0 Å². The molecule has 4 heteroatoms. The summed E-state index contributed by atoms with van der Waals surface area (Å²) < 4.78 is 0. The molecule has 0 fully saturated rings. The number of rotatable bonds is 6. The van der Waals surface area contributed by atoms with Crippen molar-refractivity contribution in [3.63, 3.8) is 0 Å². The van der Waals surface area contributed by atoms with Crippen molar-refractivity contribution in [3.05, 3.63) is 0 Å². The smallest absolute Gasteiger partial charge is 0.326 e. The van der Waals surface area contributed by atoms with E-state index in [4.69, 9.17) is 11.5 Å². The zero-order valence-electron chi connectivity index (χ0n) is 8.25. The van der Waals surface area contributed by atoms with Crippen molar-refractivity contribution in [3.8, 4) is 12.3 Å². The highest BCUT2D eigenvalue weighted by atomic mass is 16.4. The average Bonchev–Trinajstić information content (AvgIpc) is 2.09. The van der Waals surface area contributed by atoms with E-state index in [-0.39, 0.29) is 5.91 Å². The van der Waals surface area contributed by atoms with Gasteiger partial charge in [0.1, 0.15) is 6.04 Å². The predicted octanol–water partition coefficient (Wildman–Crippen LogP) is 0.769. The summed E-state index contributed by atoms with van der Waals surface area (Å²) in [4.78, 5) is 21.3. The minimum Gasteiger partial charge on any atom is -0.480 e. The Balaban J connectivity index is 3.81. The molecule has 0 saturated heterocycles. The summed E-state index contributed by atoms with van der Waals surface area (Å²) in [6.07, 6.45) is 7.62. The zero-order chi connectivity index (χ0) is 11.0. The van der Waals surface area contributed by atoms with Crippen LogP contribution < -0.4 is 5.32 Å². The Bertz CT molecular complexity index is 242. The monoisotopic (exact) mass is 197 g/mol. The van der Waals surface area contributed by atoms with E-state index in [0.29, 0.717) is 19.3 Å². The second kappa shape index (κ2) is 6.96. The Morgan fingerprint density at radius 3 is 2.57 bits per heavy atom. The van der Waals surface area contributed by atoms with E-state index in [1.54, 1.807) is 0 Å². The molecular weight excluding hydrogens is 182 g/mol. The summed E-state index contributed by atoms with van der Waals surface area (Å²) in [7, 11) is 0. The standard InChI is InChI=1S/C10H15NO3/c1-3-4-5-6-7-9(10(13)14)11-8(2)12/h1,9H,4-7H2,2H3,(H,11,12)(H,13,14). The quantitative estimate of drug-likeness (QED) is 0.488. The van der Waals surface area contributed by atoms with Gasteiger partial charge in [0.15, 0.2) is 0 Å². The SMILES string of the molecule is C#CCCCCC(NC(C)=O)C(=O)O. The molecule has 0 aromatic carbocycles. The molecule has 1 atom stereocenters. The van der Waals surface area contributed by atoms with Crippen LogP contribution in [-0.4, -0.2) is 23.0 Å². The highest BCUT2D eigenvalue weighted by molar-refractivity contribution is 5.81. The number of hydrogen-bond acceptors (Lipinski definition) is 2. The molecule has 2 N–H and O–H groups in total. The van der Waals surface area contributed by atoms with Crippen LogP contribution in [0.4, 0.5) is 0 Å². The summed E-state index contributed by atoms with van der Waals surface area (Å²) in [5, 5.41) is 11.1. The largest absolute Gasteiger partial charge is 0.480 e. The molecule has 0 rings (SSSR count). The number of unbranched alkanes of at least 4 members (excludes halogenated alkanes) is 2. The lowest BCUT2D eigenvalue weighted by atomic mass is 10.1. The number of terminal acetylenes is 1. The van der Waals surface area contributed by atoms with E-state index in [0.717, 1.165) is 6.42 Å². The van der Waals surface area contributed by atoms with Gasteiger partial charge in [0.2, 0.25) is 5.91 Å². The second-order valence-electron chi connectivity index (χ2n) is 3.04. The maximum absolute atomic E-state index is 10.6. The summed E-state index contributed by atoms with van der Waals surface area (Å²) in [5.74, 6) is 1.15. The molecule has 0 heterocycles. The fourth-order valence-corrected chi connectivity index (χ4v) is 1.08. The average molecular weight is 197 g/mol. The normalized spacial score (nSPS) is 11.4. The Kier molecular flexibility index (Phi) is 6.21. The molecule has 0 aliphatic rings. The van der Waals surface area contributed by atoms with Crippen LogP contribution in [0.3, 0.4) is 0 Å². The van der Waals surface area contributed by atoms with E-state index < -0.39 is 12.0 Å². The van der Waals surface area contributed by atoms with Crippen LogP contribution >= 0.6 is 0 Å². The van der Waals surface area contributed by atoms with E-state index in [1.165, 1.54) is 6.92 Å². The molecule has 0 aromatic heterocycles. The first kappa shape index (κ1) is 12.5. The Morgan fingerprint density at radius 1 is 1.50 bits per heavy atom. The van der Waals surface area contributed by atoms with Crippen LogP contribution in [-0.2, 0) is 9.59 Å². The second-order valence-corrected chi connectivity index (χ2v) is 3.04. The summed E-state index contributed by atoms with van der Waals surface area (Å²) in [6.45, 7) is 1.30. The van der Waals surface area contributed by atoms with Gasteiger partial charge < -0.3 is 10.4 Å². The van der Waals surface area contributed by atoms with Crippen LogP contribution in [0.5, 0.6) is 0 Å². The first-order chi connectivity index (χ1) is 6.57. The van der Waals surface area contributed by atoms with E-state index in [9.17, 15) is 9.59 Å². The first-order valence-corrected chi connectivity index (χ1v) is 4.51. The van der Waals surface area contributed by atoms with Crippen molar-refractivity contribution < 1.29 is 14.7 Å². The molecule has 78 valence electrons. The minimum absolute atomic E-state index is 0.325. The van der Waals surface area contributed by atoms with E-state index >= 15 is 0 Å². The first-order valence-electron chi connectivity index (χ1n) is 4.51. The van der Waals surface area contributed by atoms with Crippen molar-refractivity contribution >= 4 is 11.9 Å². The Hall–Kier alpha value is -1.50. The Labute approximate surface area is 83.7 Å². The maximum Gasteiger partial charge on any atom is 0.326 e. The van der Waals surface area contributed by atoms with Crippen molar-refractivity contribution in [1.29, 1.82) is 0 Å². The van der Waals surface area contributed by atoms with Crippen molar-refractivity contribution in [2.24, 2.45) is 0 Å². The topological polar surface area (TPSA) is 66.4 Å². The highest BCUT2D eigenvalue weighted by Crippen LogP contribution is 2.03. The molecule has 0 bridgehead atoms. The minimum atomic E-state index is -0.999. The molecule has 0 aliphatic heterocycles. The van der Waals surface area contributed by atoms with Crippen LogP contribution in [0.1, 0.15) is 32.6 Å². The summed E-state index contributed by atoms with van der Waals surface area (Å²) in [5.41, 5.74) is 0. The van der Waals surface area contributed by atoms with Crippen LogP contribution in [0.25, 0.3) is 0 Å². The van der Waals surface area contributed by atoms with Gasteiger partial charge in [-0.1, -0.05) is 0 Å². The molecule has 0 radical (unpaired) electrons. The number of carbonyl (C=O) groups excluding carboxylic acids is 1. The summed E-state index contributed by atoms with van der Waals surface area (Å²) in [6, 6.07) is -0.787. The van der Waals surface area contributed by atoms with Gasteiger partial charge in [0, 0.05) is 13.3 Å². The molecule has 4 nitrogen and oxygen atoms in total. The fourth-order valence-electron chi connectivity index (χ4n) is 1.08. The third kappa shape index (κ3) is 6.06. The van der Waals surface area contributed by atoms with Crippen molar-refractivity contribution in [2.45, 2.75) is 38.6 Å². The predicted molar refractivity (Wildman–Crippen MR) is 52.5 cm³/mol. The third-order valence-electron chi connectivity index (χ3n) is 1.74. The number of carboxylic acids is 1. The van der Waals surface area contributed by atoms with Gasteiger partial charge in [-0.15, -0.1) is 12.3 Å². The lowest BCUT2D eigenvalue weighted by Gasteiger charge is -2.12. The van der Waals surface area contributed by atoms with E-state index in [1.807, 2.05) is 0 Å². The number of aliphatic carboxylic acids is 1. The molecule has 1 unspecified atom stereocenters. The van der Waals surface area contributed by atoms with Gasteiger partial charge in [0.05, 0.1) is 0 Å². The number of amides is 1. The third-order valence-corrected chi connectivity index (χ3v) is 1.74. The van der Waals surface area contributed by atoms with Gasteiger partial charge in [0.25, 0.3) is 0 Å². The zero-order valence-corrected chi connectivity index (χ0v) is 8.25. The lowest BCUT2D eigenvalue weighted by Crippen LogP contribution is -2.39. The van der Waals surface area contributed by atoms with Gasteiger partial charge in [-0.2, -0.15) is 0 Å². The van der Waals surface area contributed by atoms with E-state index in [2.05, 4.69) is 11.2 Å². The molecule has 0 aliphatic carbocycles. The molecule has 14 heavy (non-hydrogen) atoms. The van der Waals surface area contributed by atoms with Crippen molar-refractivity contribution in [2.75, 3.05) is 0 Å². The van der Waals surface area contributed by atoms with Crippen molar-refractivity contribution in [1.82, 2.24) is 5.32 Å². The molecule has 1 amide bonds. The number of carboxylic acid groups (broad SMARTS) is 1. The molecular formula is C10H15NO3. The van der Waals surface area contributed by atoms with Crippen LogP contribution in [0.15, 0.2) is 0 Å². The van der Waals surface area contributed by atoms with Gasteiger partial charge in [-0.25, -0.2) is 4.79 Å². The summed E-state index contributed by atoms with van der Waals surface area (Å²) >= 11 is 0. The highest BCUT2D eigenvalue weighted by Gasteiger charge is 2.16. The Morgan fingerprint density at radius 2 is 2.14 bits per heavy atom. The van der Waals surface area contributed by atoms with Gasteiger partial charge >= 0.3 is 5.97 Å². The number of hydrogen-bond donors (Lipinski definition) is 2. The lowest BCUT2D eigenvalue weighted by molar-refractivity contribution is -0.141.